The molecule has 0 saturated carbocycles. The molecule has 0 aliphatic heterocycles. The highest BCUT2D eigenvalue weighted by Gasteiger charge is 2.11. The van der Waals surface area contributed by atoms with Crippen LogP contribution in [-0.2, 0) is 16.0 Å². The highest BCUT2D eigenvalue weighted by molar-refractivity contribution is 5.57. The number of benzene rings is 1. The second kappa shape index (κ2) is 5.23. The Morgan fingerprint density at radius 3 is 3.07 bits per heavy atom. The molecule has 1 aromatic rings. The van der Waals surface area contributed by atoms with Gasteiger partial charge in [-0.3, -0.25) is 0 Å². The predicted molar refractivity (Wildman–Crippen MR) is 50.5 cm³/mol. The number of carbonyl (C=O) groups excluding carboxylic acids is 1. The molecule has 77 valence electrons. The van der Waals surface area contributed by atoms with Crippen LogP contribution >= 0.6 is 0 Å². The molecule has 0 N–H and O–H groups in total. The lowest BCUT2D eigenvalue weighted by Gasteiger charge is -2.08. The summed E-state index contributed by atoms with van der Waals surface area (Å²) in [6, 6.07) is 6.65. The smallest absolute Gasteiger partial charge is 0.149 e. The molecule has 1 radical (unpaired) electrons. The molecule has 3 nitrogen and oxygen atoms in total. The number of halogens is 1. The van der Waals surface area contributed by atoms with Crippen molar-refractivity contribution in [2.45, 2.75) is 12.5 Å². The first-order valence-corrected chi connectivity index (χ1v) is 4.29. The lowest BCUT2D eigenvalue weighted by atomic mass is 10.0. The molecule has 1 atom stereocenters. The van der Waals surface area contributed by atoms with Crippen molar-refractivity contribution in [1.82, 2.24) is 0 Å². The Morgan fingerprint density at radius 2 is 2.53 bits per heavy atom. The van der Waals surface area contributed by atoms with E-state index in [1.807, 2.05) is 6.07 Å². The fraction of sp³-hybridized carbons (Fsp3) is 0.273. The van der Waals surface area contributed by atoms with Crippen molar-refractivity contribution in [3.8, 4) is 6.07 Å². The Bertz CT molecular complexity index is 398. The monoisotopic (exact) mass is 206 g/mol. The van der Waals surface area contributed by atoms with Gasteiger partial charge in [0.25, 0.3) is 0 Å². The molecule has 1 unspecified atom stereocenters. The summed E-state index contributed by atoms with van der Waals surface area (Å²) < 4.78 is 17.6. The Morgan fingerprint density at radius 1 is 1.80 bits per heavy atom. The molecular formula is C11H9FNO2. The van der Waals surface area contributed by atoms with Crippen molar-refractivity contribution in [1.29, 1.82) is 5.26 Å². The second-order valence-electron chi connectivity index (χ2n) is 2.95. The first kappa shape index (κ1) is 11.3. The molecule has 0 bridgehead atoms. The average Bonchev–Trinajstić information content (AvgIpc) is 2.27. The lowest BCUT2D eigenvalue weighted by Crippen LogP contribution is -2.16. The van der Waals surface area contributed by atoms with E-state index in [0.29, 0.717) is 11.8 Å². The van der Waals surface area contributed by atoms with Gasteiger partial charge >= 0.3 is 0 Å². The maximum atomic E-state index is 12.7. The highest BCUT2D eigenvalue weighted by atomic mass is 19.1. The number of hydrogen-bond donors (Lipinski definition) is 0. The third-order valence-electron chi connectivity index (χ3n) is 2.00. The number of rotatable bonds is 4. The van der Waals surface area contributed by atoms with Crippen LogP contribution in [0.5, 0.6) is 0 Å². The minimum atomic E-state index is -0.615. The number of nitriles is 1. The van der Waals surface area contributed by atoms with Gasteiger partial charge in [0.2, 0.25) is 0 Å². The first-order chi connectivity index (χ1) is 7.21. The van der Waals surface area contributed by atoms with E-state index in [1.165, 1.54) is 13.2 Å². The molecule has 0 spiro atoms. The van der Waals surface area contributed by atoms with Crippen LogP contribution < -0.4 is 0 Å². The van der Waals surface area contributed by atoms with Gasteiger partial charge in [-0.1, -0.05) is 0 Å². The van der Waals surface area contributed by atoms with Gasteiger partial charge in [0.05, 0.1) is 11.6 Å². The van der Waals surface area contributed by atoms with E-state index in [9.17, 15) is 9.18 Å². The fourth-order valence-electron chi connectivity index (χ4n) is 1.17. The topological polar surface area (TPSA) is 50.1 Å². The zero-order valence-corrected chi connectivity index (χ0v) is 8.16. The molecular weight excluding hydrogens is 197 g/mol. The summed E-state index contributed by atoms with van der Waals surface area (Å²) in [7, 11) is 1.40. The quantitative estimate of drug-likeness (QED) is 0.697. The molecule has 0 aliphatic rings. The van der Waals surface area contributed by atoms with Crippen LogP contribution in [0, 0.1) is 23.2 Å². The minimum absolute atomic E-state index is 0.204. The van der Waals surface area contributed by atoms with Crippen LogP contribution in [0.1, 0.15) is 11.1 Å². The molecule has 1 aromatic carbocycles. The SMILES string of the molecule is COC(C=O)Cc1c[c]c(F)cc1C#N. The summed E-state index contributed by atoms with van der Waals surface area (Å²) >= 11 is 0. The molecule has 4 heteroatoms. The van der Waals surface area contributed by atoms with Crippen LogP contribution in [0.25, 0.3) is 0 Å². The largest absolute Gasteiger partial charge is 0.374 e. The maximum Gasteiger partial charge on any atom is 0.149 e. The zero-order valence-electron chi connectivity index (χ0n) is 8.16. The third-order valence-corrected chi connectivity index (χ3v) is 2.00. The third kappa shape index (κ3) is 2.86. The van der Waals surface area contributed by atoms with Crippen molar-refractivity contribution in [2.75, 3.05) is 7.11 Å². The Kier molecular flexibility index (Phi) is 3.95. The predicted octanol–water partition coefficient (Wildman–Crippen LogP) is 1.25. The van der Waals surface area contributed by atoms with Gasteiger partial charge in [-0.05, 0) is 17.7 Å². The van der Waals surface area contributed by atoms with E-state index in [-0.39, 0.29) is 12.0 Å². The number of nitrogens with zero attached hydrogens (tertiary/aromatic N) is 1. The normalized spacial score (nSPS) is 11.8. The highest BCUT2D eigenvalue weighted by Crippen LogP contribution is 2.12. The fourth-order valence-corrected chi connectivity index (χ4v) is 1.17. The standard InChI is InChI=1S/C11H9FNO2/c1-15-11(7-14)5-8-2-3-10(12)4-9(8)6-13/h2,4,7,11H,5H2,1H3. The van der Waals surface area contributed by atoms with E-state index < -0.39 is 11.9 Å². The van der Waals surface area contributed by atoms with Crippen LogP contribution in [0.3, 0.4) is 0 Å². The summed E-state index contributed by atoms with van der Waals surface area (Å²) in [4.78, 5) is 10.5. The molecule has 15 heavy (non-hydrogen) atoms. The molecule has 0 amide bonds. The van der Waals surface area contributed by atoms with Gasteiger partial charge < -0.3 is 9.53 Å². The second-order valence-corrected chi connectivity index (χ2v) is 2.95. The van der Waals surface area contributed by atoms with Gasteiger partial charge in [-0.15, -0.1) is 0 Å². The van der Waals surface area contributed by atoms with Crippen LogP contribution in [0.2, 0.25) is 0 Å². The summed E-state index contributed by atoms with van der Waals surface area (Å²) in [6.07, 6.45) is 0.278. The molecule has 1 rings (SSSR count). The summed E-state index contributed by atoms with van der Waals surface area (Å²) in [6.45, 7) is 0. The maximum absolute atomic E-state index is 12.7. The Balaban J connectivity index is 2.94. The average molecular weight is 206 g/mol. The van der Waals surface area contributed by atoms with E-state index in [4.69, 9.17) is 10.00 Å². The first-order valence-electron chi connectivity index (χ1n) is 4.29. The van der Waals surface area contributed by atoms with Gasteiger partial charge in [0, 0.05) is 19.6 Å². The molecule has 0 aromatic heterocycles. The van der Waals surface area contributed by atoms with Crippen molar-refractivity contribution < 1.29 is 13.9 Å². The van der Waals surface area contributed by atoms with Crippen LogP contribution in [0.15, 0.2) is 12.1 Å². The van der Waals surface area contributed by atoms with Crippen molar-refractivity contribution in [2.24, 2.45) is 0 Å². The molecule has 0 fully saturated rings. The number of ether oxygens (including phenoxy) is 1. The van der Waals surface area contributed by atoms with E-state index >= 15 is 0 Å². The van der Waals surface area contributed by atoms with Crippen LogP contribution in [0.4, 0.5) is 4.39 Å². The van der Waals surface area contributed by atoms with Crippen LogP contribution in [-0.4, -0.2) is 19.5 Å². The van der Waals surface area contributed by atoms with Crippen molar-refractivity contribution in [3.63, 3.8) is 0 Å². The van der Waals surface area contributed by atoms with Gasteiger partial charge in [-0.25, -0.2) is 4.39 Å². The number of aldehydes is 1. The summed E-state index contributed by atoms with van der Waals surface area (Å²) in [5, 5.41) is 8.74. The molecule has 0 saturated heterocycles. The van der Waals surface area contributed by atoms with Gasteiger partial charge in [-0.2, -0.15) is 5.26 Å². The Hall–Kier alpha value is -1.73. The van der Waals surface area contributed by atoms with E-state index in [0.717, 1.165) is 6.07 Å². The summed E-state index contributed by atoms with van der Waals surface area (Å²) in [5.41, 5.74) is 0.757. The molecule has 0 heterocycles. The number of carbonyl (C=O) groups is 1. The summed E-state index contributed by atoms with van der Waals surface area (Å²) in [5.74, 6) is -0.588. The van der Waals surface area contributed by atoms with Gasteiger partial charge in [0.1, 0.15) is 18.2 Å². The number of hydrogen-bond acceptors (Lipinski definition) is 3. The zero-order chi connectivity index (χ0) is 11.3. The number of methoxy groups -OCH3 is 1. The van der Waals surface area contributed by atoms with Crippen molar-refractivity contribution >= 4 is 6.29 Å². The van der Waals surface area contributed by atoms with E-state index in [2.05, 4.69) is 6.07 Å². The van der Waals surface area contributed by atoms with Crippen molar-refractivity contribution in [3.05, 3.63) is 35.1 Å². The lowest BCUT2D eigenvalue weighted by molar-refractivity contribution is -0.116. The van der Waals surface area contributed by atoms with Gasteiger partial charge in [0.15, 0.2) is 0 Å². The van der Waals surface area contributed by atoms with E-state index in [1.54, 1.807) is 0 Å². The molecule has 0 aliphatic carbocycles. The minimum Gasteiger partial charge on any atom is -0.374 e. The Labute approximate surface area is 87.1 Å².